The number of nitrogen functional groups attached to an aromatic ring is 1. The number of nitrogens with two attached hydrogens (primary N) is 1. The van der Waals surface area contributed by atoms with E-state index in [1.54, 1.807) is 0 Å². The van der Waals surface area contributed by atoms with Crippen molar-refractivity contribution in [2.24, 2.45) is 0 Å². The van der Waals surface area contributed by atoms with Crippen molar-refractivity contribution in [3.05, 3.63) is 53.1 Å². The molecule has 1 aliphatic rings. The third-order valence-corrected chi connectivity index (χ3v) is 5.88. The monoisotopic (exact) mass is 459 g/mol. The Bertz CT molecular complexity index is 990. The lowest BCUT2D eigenvalue weighted by molar-refractivity contribution is 0.101. The minimum absolute atomic E-state index is 0.0280. The van der Waals surface area contributed by atoms with Gasteiger partial charge in [0.25, 0.3) is 6.01 Å². The molecular weight excluding hydrogens is 426 g/mol. The minimum atomic E-state index is -0.143. The standard InChI is InChI=1S/C17H22ClN3.C5H6N2O2.C2H6/c1-12-9-13(3-8-17(12)18)14-10-20-21(11-14)16-6-4-15(19-2)5-7-16;1-3(8)4-2-9-5(6)7-4;1-2/h3,8-11,15-16,19H,4-7H2,1-2H3;2H,1H3,(H2,6,7);1-2H3. The van der Waals surface area contributed by atoms with Crippen LogP contribution in [0.3, 0.4) is 0 Å². The van der Waals surface area contributed by atoms with Crippen LogP contribution in [0.2, 0.25) is 5.02 Å². The van der Waals surface area contributed by atoms with Crippen LogP contribution in [0.1, 0.15) is 68.5 Å². The van der Waals surface area contributed by atoms with Gasteiger partial charge in [-0.3, -0.25) is 9.48 Å². The Morgan fingerprint density at radius 3 is 2.41 bits per heavy atom. The molecule has 1 aliphatic carbocycles. The molecule has 0 aliphatic heterocycles. The molecule has 32 heavy (non-hydrogen) atoms. The summed E-state index contributed by atoms with van der Waals surface area (Å²) in [5, 5.41) is 8.78. The molecule has 0 bridgehead atoms. The number of rotatable bonds is 4. The fraction of sp³-hybridized carbons (Fsp3) is 0.458. The predicted octanol–water partition coefficient (Wildman–Crippen LogP) is 5.70. The van der Waals surface area contributed by atoms with Crippen molar-refractivity contribution >= 4 is 23.4 Å². The van der Waals surface area contributed by atoms with Crippen LogP contribution in [0.4, 0.5) is 6.01 Å². The van der Waals surface area contributed by atoms with E-state index in [0.29, 0.717) is 12.1 Å². The zero-order valence-electron chi connectivity index (χ0n) is 19.6. The Morgan fingerprint density at radius 2 is 1.91 bits per heavy atom. The van der Waals surface area contributed by atoms with Crippen LogP contribution in [0.5, 0.6) is 0 Å². The molecule has 2 heterocycles. The highest BCUT2D eigenvalue weighted by Gasteiger charge is 2.21. The summed E-state index contributed by atoms with van der Waals surface area (Å²) >= 11 is 6.10. The molecule has 174 valence electrons. The predicted molar refractivity (Wildman–Crippen MR) is 130 cm³/mol. The Balaban J connectivity index is 0.000000277. The average Bonchev–Trinajstić information content (AvgIpc) is 3.47. The maximum atomic E-state index is 10.5. The van der Waals surface area contributed by atoms with Gasteiger partial charge in [0, 0.05) is 29.7 Å². The van der Waals surface area contributed by atoms with Crippen LogP contribution in [0.15, 0.2) is 41.3 Å². The molecule has 2 aromatic heterocycles. The molecule has 8 heteroatoms. The van der Waals surface area contributed by atoms with E-state index in [1.165, 1.54) is 50.0 Å². The van der Waals surface area contributed by atoms with Gasteiger partial charge in [-0.05, 0) is 62.9 Å². The second kappa shape index (κ2) is 12.4. The van der Waals surface area contributed by atoms with Gasteiger partial charge in [0.2, 0.25) is 0 Å². The van der Waals surface area contributed by atoms with E-state index in [2.05, 4.69) is 49.9 Å². The van der Waals surface area contributed by atoms with Gasteiger partial charge in [0.1, 0.15) is 12.0 Å². The molecule has 1 saturated carbocycles. The maximum Gasteiger partial charge on any atom is 0.292 e. The lowest BCUT2D eigenvalue weighted by atomic mass is 9.91. The molecule has 0 saturated heterocycles. The van der Waals surface area contributed by atoms with Crippen molar-refractivity contribution in [1.29, 1.82) is 0 Å². The highest BCUT2D eigenvalue weighted by atomic mass is 35.5. The van der Waals surface area contributed by atoms with Crippen molar-refractivity contribution in [1.82, 2.24) is 20.1 Å². The molecule has 0 radical (unpaired) electrons. The molecule has 1 aromatic carbocycles. The summed E-state index contributed by atoms with van der Waals surface area (Å²) in [7, 11) is 2.06. The molecule has 3 N–H and O–H groups in total. The Labute approximate surface area is 195 Å². The normalized spacial score (nSPS) is 17.6. The number of halogens is 1. The van der Waals surface area contributed by atoms with Crippen molar-refractivity contribution in [2.75, 3.05) is 12.8 Å². The van der Waals surface area contributed by atoms with Crippen LogP contribution < -0.4 is 11.1 Å². The van der Waals surface area contributed by atoms with Gasteiger partial charge in [-0.1, -0.05) is 31.5 Å². The molecule has 4 rings (SSSR count). The summed E-state index contributed by atoms with van der Waals surface area (Å²) in [6.45, 7) is 7.44. The van der Waals surface area contributed by atoms with Gasteiger partial charge >= 0.3 is 0 Å². The quantitative estimate of drug-likeness (QED) is 0.485. The van der Waals surface area contributed by atoms with Crippen molar-refractivity contribution in [2.45, 2.75) is 65.5 Å². The van der Waals surface area contributed by atoms with Crippen molar-refractivity contribution in [3.63, 3.8) is 0 Å². The van der Waals surface area contributed by atoms with E-state index in [-0.39, 0.29) is 17.5 Å². The summed E-state index contributed by atoms with van der Waals surface area (Å²) in [5.41, 5.74) is 8.82. The Hall–Kier alpha value is -2.64. The summed E-state index contributed by atoms with van der Waals surface area (Å²) in [6.07, 6.45) is 10.2. The number of anilines is 1. The third-order valence-electron chi connectivity index (χ3n) is 5.45. The highest BCUT2D eigenvalue weighted by Crippen LogP contribution is 2.30. The number of ketones is 1. The van der Waals surface area contributed by atoms with Crippen LogP contribution in [0, 0.1) is 6.92 Å². The van der Waals surface area contributed by atoms with E-state index >= 15 is 0 Å². The fourth-order valence-electron chi connectivity index (χ4n) is 3.59. The smallest absolute Gasteiger partial charge is 0.292 e. The minimum Gasteiger partial charge on any atom is -0.432 e. The number of Topliss-reactive ketones (excluding diaryl/α,β-unsaturated/α-hetero) is 1. The first-order chi connectivity index (χ1) is 15.4. The molecule has 7 nitrogen and oxygen atoms in total. The van der Waals surface area contributed by atoms with E-state index < -0.39 is 0 Å². The number of benzene rings is 1. The molecule has 0 spiro atoms. The zero-order valence-corrected chi connectivity index (χ0v) is 20.3. The van der Waals surface area contributed by atoms with Crippen LogP contribution >= 0.6 is 11.6 Å². The summed E-state index contributed by atoms with van der Waals surface area (Å²) < 4.78 is 6.72. The van der Waals surface area contributed by atoms with E-state index in [0.717, 1.165) is 10.6 Å². The summed E-state index contributed by atoms with van der Waals surface area (Å²) in [6, 6.07) is 7.39. The van der Waals surface area contributed by atoms with Crippen molar-refractivity contribution in [3.8, 4) is 11.1 Å². The highest BCUT2D eigenvalue weighted by molar-refractivity contribution is 6.31. The molecule has 1 fully saturated rings. The number of oxazole rings is 1. The Morgan fingerprint density at radius 1 is 1.22 bits per heavy atom. The SMILES string of the molecule is CC.CC(=O)c1coc(N)n1.CNC1CCC(n2cc(-c3ccc(Cl)c(C)c3)cn2)CC1. The lowest BCUT2D eigenvalue weighted by Gasteiger charge is -2.28. The molecule has 3 aromatic rings. The second-order valence-corrected chi connectivity index (χ2v) is 8.00. The number of aromatic nitrogens is 3. The number of aryl methyl sites for hydroxylation is 1. The first-order valence-corrected chi connectivity index (χ1v) is 11.4. The van der Waals surface area contributed by atoms with Gasteiger partial charge in [-0.15, -0.1) is 0 Å². The zero-order chi connectivity index (χ0) is 23.7. The lowest BCUT2D eigenvalue weighted by Crippen LogP contribution is -2.31. The first kappa shape index (κ1) is 25.6. The number of carbonyl (C=O) groups excluding carboxylic acids is 1. The van der Waals surface area contributed by atoms with Crippen LogP contribution in [-0.4, -0.2) is 33.6 Å². The fourth-order valence-corrected chi connectivity index (χ4v) is 3.71. The van der Waals surface area contributed by atoms with Gasteiger partial charge in [0.15, 0.2) is 5.78 Å². The molecule has 0 unspecified atom stereocenters. The van der Waals surface area contributed by atoms with Gasteiger partial charge in [0.05, 0.1) is 12.2 Å². The first-order valence-electron chi connectivity index (χ1n) is 11.1. The van der Waals surface area contributed by atoms with Gasteiger partial charge < -0.3 is 15.5 Å². The molecule has 0 atom stereocenters. The number of hydrogen-bond acceptors (Lipinski definition) is 6. The van der Waals surface area contributed by atoms with E-state index in [9.17, 15) is 4.79 Å². The molecular formula is C24H34ClN5O2. The summed E-state index contributed by atoms with van der Waals surface area (Å²) in [4.78, 5) is 14.1. The van der Waals surface area contributed by atoms with Gasteiger partial charge in [-0.2, -0.15) is 10.1 Å². The van der Waals surface area contributed by atoms with Gasteiger partial charge in [-0.25, -0.2) is 0 Å². The number of nitrogens with one attached hydrogen (secondary N) is 1. The maximum absolute atomic E-state index is 10.5. The van der Waals surface area contributed by atoms with Crippen LogP contribution in [-0.2, 0) is 0 Å². The number of nitrogens with zero attached hydrogens (tertiary/aromatic N) is 3. The Kier molecular flexibility index (Phi) is 9.94. The molecule has 0 amide bonds. The topological polar surface area (TPSA) is 99.0 Å². The third kappa shape index (κ3) is 6.93. The second-order valence-electron chi connectivity index (χ2n) is 7.59. The van der Waals surface area contributed by atoms with E-state index in [4.69, 9.17) is 17.3 Å². The number of hydrogen-bond donors (Lipinski definition) is 2. The average molecular weight is 460 g/mol. The van der Waals surface area contributed by atoms with Crippen LogP contribution in [0.25, 0.3) is 11.1 Å². The largest absolute Gasteiger partial charge is 0.432 e. The van der Waals surface area contributed by atoms with Crippen molar-refractivity contribution < 1.29 is 9.21 Å². The summed E-state index contributed by atoms with van der Waals surface area (Å²) in [5.74, 6) is -0.143. The van der Waals surface area contributed by atoms with E-state index in [1.807, 2.05) is 33.0 Å². The number of carbonyl (C=O) groups is 1.